The van der Waals surface area contributed by atoms with Gasteiger partial charge in [-0.2, -0.15) is 5.10 Å². The number of anilines is 1. The van der Waals surface area contributed by atoms with Gasteiger partial charge in [-0.3, -0.25) is 14.5 Å². The van der Waals surface area contributed by atoms with Crippen molar-refractivity contribution in [3.8, 4) is 11.7 Å². The second kappa shape index (κ2) is 10.6. The van der Waals surface area contributed by atoms with Gasteiger partial charge in [-0.25, -0.2) is 4.68 Å². The number of ether oxygens (including phenoxy) is 1. The van der Waals surface area contributed by atoms with Crippen molar-refractivity contribution in [2.75, 3.05) is 45.2 Å². The van der Waals surface area contributed by atoms with E-state index in [1.165, 1.54) is 7.11 Å². The molecule has 3 heterocycles. The number of nitrogens with zero attached hydrogens (tertiary/aromatic N) is 6. The van der Waals surface area contributed by atoms with E-state index in [0.717, 1.165) is 22.5 Å². The lowest BCUT2D eigenvalue weighted by atomic mass is 10.1. The summed E-state index contributed by atoms with van der Waals surface area (Å²) in [6, 6.07) is 9.35. The molecule has 1 aliphatic rings. The quantitative estimate of drug-likeness (QED) is 0.556. The van der Waals surface area contributed by atoms with Crippen molar-refractivity contribution < 1.29 is 14.3 Å². The maximum Gasteiger partial charge on any atom is 0.257 e. The normalized spacial score (nSPS) is 14.1. The van der Waals surface area contributed by atoms with Crippen molar-refractivity contribution in [3.05, 3.63) is 58.9 Å². The topological polar surface area (TPSA) is 105 Å². The van der Waals surface area contributed by atoms with Crippen molar-refractivity contribution in [1.29, 1.82) is 0 Å². The lowest BCUT2D eigenvalue weighted by molar-refractivity contribution is -0.117. The van der Waals surface area contributed by atoms with E-state index in [4.69, 9.17) is 4.74 Å². The highest BCUT2D eigenvalue weighted by molar-refractivity contribution is 5.95. The van der Waals surface area contributed by atoms with Crippen molar-refractivity contribution in [1.82, 2.24) is 29.8 Å². The minimum atomic E-state index is -0.0611. The number of amides is 2. The first-order valence-corrected chi connectivity index (χ1v) is 11.7. The number of piperazine rings is 1. The molecule has 0 aliphatic carbocycles. The molecule has 35 heavy (non-hydrogen) atoms. The number of carbonyl (C=O) groups excluding carboxylic acids is 2. The van der Waals surface area contributed by atoms with Gasteiger partial charge >= 0.3 is 0 Å². The molecule has 0 bridgehead atoms. The van der Waals surface area contributed by atoms with Crippen LogP contribution in [0, 0.1) is 13.8 Å². The van der Waals surface area contributed by atoms with Gasteiger partial charge in [0.25, 0.3) is 5.91 Å². The molecule has 0 atom stereocenters. The van der Waals surface area contributed by atoms with Gasteiger partial charge in [0.15, 0.2) is 5.82 Å². The van der Waals surface area contributed by atoms with Gasteiger partial charge in [-0.1, -0.05) is 19.1 Å². The first kappa shape index (κ1) is 24.3. The Hall–Kier alpha value is -3.79. The zero-order chi connectivity index (χ0) is 24.9. The van der Waals surface area contributed by atoms with Crippen molar-refractivity contribution in [3.63, 3.8) is 0 Å². The molecule has 1 saturated heterocycles. The Balaban J connectivity index is 1.36. The van der Waals surface area contributed by atoms with Crippen LogP contribution in [0.15, 0.2) is 36.5 Å². The summed E-state index contributed by atoms with van der Waals surface area (Å²) in [5, 5.41) is 15.5. The van der Waals surface area contributed by atoms with E-state index in [1.807, 2.05) is 43.9 Å². The standard InChI is InChI=1S/C25H31N7O3/c1-5-21-19(15-26-32(21)22-9-10-24(35-4)29-28-22)25(34)31-13-11-30(12-14-31)16-23(33)27-20-8-6-7-17(2)18(20)3/h6-10,15H,5,11-14,16H2,1-4H3,(H,27,33). The van der Waals surface area contributed by atoms with Gasteiger partial charge in [-0.05, 0) is 43.5 Å². The molecule has 1 N–H and O–H groups in total. The lowest BCUT2D eigenvalue weighted by Gasteiger charge is -2.34. The molecule has 184 valence electrons. The Bertz CT molecular complexity index is 1200. The number of benzene rings is 1. The predicted octanol–water partition coefficient (Wildman–Crippen LogP) is 2.25. The van der Waals surface area contributed by atoms with E-state index in [2.05, 4.69) is 25.5 Å². The maximum absolute atomic E-state index is 13.3. The van der Waals surface area contributed by atoms with E-state index < -0.39 is 0 Å². The Labute approximate surface area is 204 Å². The molecule has 1 aliphatic heterocycles. The molecule has 3 aromatic rings. The highest BCUT2D eigenvalue weighted by atomic mass is 16.5. The van der Waals surface area contributed by atoms with Crippen LogP contribution in [-0.2, 0) is 11.2 Å². The van der Waals surface area contributed by atoms with Gasteiger partial charge in [0.1, 0.15) is 0 Å². The summed E-state index contributed by atoms with van der Waals surface area (Å²) >= 11 is 0. The van der Waals surface area contributed by atoms with Crippen molar-refractivity contribution in [2.45, 2.75) is 27.2 Å². The summed E-state index contributed by atoms with van der Waals surface area (Å²) in [6.07, 6.45) is 2.21. The van der Waals surface area contributed by atoms with Crippen LogP contribution in [0.3, 0.4) is 0 Å². The fourth-order valence-corrected chi connectivity index (χ4v) is 4.18. The van der Waals surface area contributed by atoms with E-state index in [0.29, 0.717) is 56.4 Å². The highest BCUT2D eigenvalue weighted by Gasteiger charge is 2.27. The smallest absolute Gasteiger partial charge is 0.257 e. The number of hydrogen-bond donors (Lipinski definition) is 1. The van der Waals surface area contributed by atoms with Crippen molar-refractivity contribution >= 4 is 17.5 Å². The second-order valence-corrected chi connectivity index (χ2v) is 8.57. The fraction of sp³-hybridized carbons (Fsp3) is 0.400. The minimum absolute atomic E-state index is 0.0476. The predicted molar refractivity (Wildman–Crippen MR) is 132 cm³/mol. The largest absolute Gasteiger partial charge is 0.480 e. The molecule has 2 aromatic heterocycles. The molecule has 1 fully saturated rings. The second-order valence-electron chi connectivity index (χ2n) is 8.57. The van der Waals surface area contributed by atoms with Crippen LogP contribution in [0.5, 0.6) is 5.88 Å². The molecule has 0 saturated carbocycles. The first-order chi connectivity index (χ1) is 16.9. The average molecular weight is 478 g/mol. The Morgan fingerprint density at radius 1 is 1.06 bits per heavy atom. The Kier molecular flexibility index (Phi) is 7.40. The van der Waals surface area contributed by atoms with Gasteiger partial charge < -0.3 is 15.0 Å². The van der Waals surface area contributed by atoms with Gasteiger partial charge in [0.05, 0.1) is 31.1 Å². The summed E-state index contributed by atoms with van der Waals surface area (Å²) in [7, 11) is 1.53. The molecular weight excluding hydrogens is 446 g/mol. The van der Waals surface area contributed by atoms with E-state index in [9.17, 15) is 9.59 Å². The Morgan fingerprint density at radius 2 is 1.83 bits per heavy atom. The summed E-state index contributed by atoms with van der Waals surface area (Å²) in [4.78, 5) is 29.8. The number of rotatable bonds is 7. The molecule has 2 amide bonds. The summed E-state index contributed by atoms with van der Waals surface area (Å²) in [5.74, 6) is 0.833. The van der Waals surface area contributed by atoms with Gasteiger partial charge in [0, 0.05) is 37.9 Å². The molecule has 0 spiro atoms. The zero-order valence-corrected chi connectivity index (χ0v) is 20.6. The summed E-state index contributed by atoms with van der Waals surface area (Å²) in [6.45, 7) is 8.66. The number of aryl methyl sites for hydroxylation is 1. The molecule has 10 heteroatoms. The zero-order valence-electron chi connectivity index (χ0n) is 20.6. The van der Waals surface area contributed by atoms with Crippen LogP contribution in [0.1, 0.15) is 34.1 Å². The molecule has 0 radical (unpaired) electrons. The van der Waals surface area contributed by atoms with E-state index in [1.54, 1.807) is 23.0 Å². The van der Waals surface area contributed by atoms with Crippen LogP contribution >= 0.6 is 0 Å². The summed E-state index contributed by atoms with van der Waals surface area (Å²) < 4.78 is 6.71. The summed E-state index contributed by atoms with van der Waals surface area (Å²) in [5.41, 5.74) is 4.40. The average Bonchev–Trinajstić information content (AvgIpc) is 3.31. The molecule has 10 nitrogen and oxygen atoms in total. The van der Waals surface area contributed by atoms with Gasteiger partial charge in [-0.15, -0.1) is 10.2 Å². The minimum Gasteiger partial charge on any atom is -0.480 e. The number of methoxy groups -OCH3 is 1. The van der Waals surface area contributed by atoms with Crippen LogP contribution in [0.25, 0.3) is 5.82 Å². The third-order valence-electron chi connectivity index (χ3n) is 6.39. The monoisotopic (exact) mass is 477 g/mol. The van der Waals surface area contributed by atoms with Crippen LogP contribution in [0.4, 0.5) is 5.69 Å². The third-order valence-corrected chi connectivity index (χ3v) is 6.39. The SMILES string of the molecule is CCc1c(C(=O)N2CCN(CC(=O)Nc3cccc(C)c3C)CC2)cnn1-c1ccc(OC)nn1. The van der Waals surface area contributed by atoms with Gasteiger partial charge in [0.2, 0.25) is 11.8 Å². The maximum atomic E-state index is 13.3. The lowest BCUT2D eigenvalue weighted by Crippen LogP contribution is -2.50. The van der Waals surface area contributed by atoms with E-state index in [-0.39, 0.29) is 11.8 Å². The molecule has 1 aromatic carbocycles. The number of aromatic nitrogens is 4. The third kappa shape index (κ3) is 5.32. The van der Waals surface area contributed by atoms with Crippen LogP contribution < -0.4 is 10.1 Å². The number of nitrogens with one attached hydrogen (secondary N) is 1. The molecule has 0 unspecified atom stereocenters. The van der Waals surface area contributed by atoms with Crippen molar-refractivity contribution in [2.24, 2.45) is 0 Å². The number of hydrogen-bond acceptors (Lipinski definition) is 7. The molecular formula is C25H31N7O3. The molecule has 4 rings (SSSR count). The first-order valence-electron chi connectivity index (χ1n) is 11.7. The Morgan fingerprint density at radius 3 is 2.49 bits per heavy atom. The van der Waals surface area contributed by atoms with Crippen LogP contribution in [0.2, 0.25) is 0 Å². The van der Waals surface area contributed by atoms with E-state index >= 15 is 0 Å². The highest BCUT2D eigenvalue weighted by Crippen LogP contribution is 2.19. The fourth-order valence-electron chi connectivity index (χ4n) is 4.18. The number of carbonyl (C=O) groups is 2. The van der Waals surface area contributed by atoms with Crippen LogP contribution in [-0.4, -0.2) is 81.4 Å².